The Kier molecular flexibility index (Phi) is 4.74. The highest BCUT2D eigenvalue weighted by Gasteiger charge is 2.25. The van der Waals surface area contributed by atoms with Gasteiger partial charge in [-0.05, 0) is 19.8 Å². The van der Waals surface area contributed by atoms with Crippen LogP contribution in [0.5, 0.6) is 0 Å². The van der Waals surface area contributed by atoms with Crippen LogP contribution in [0.15, 0.2) is 4.99 Å². The van der Waals surface area contributed by atoms with E-state index < -0.39 is 0 Å². The summed E-state index contributed by atoms with van der Waals surface area (Å²) in [6.45, 7) is 6.92. The van der Waals surface area contributed by atoms with Gasteiger partial charge >= 0.3 is 6.09 Å². The Balaban J connectivity index is 1.72. The number of hydrogen-bond donors (Lipinski definition) is 1. The molecule has 0 spiro atoms. The smallest absolute Gasteiger partial charge is 0.409 e. The second kappa shape index (κ2) is 6.31. The summed E-state index contributed by atoms with van der Waals surface area (Å²) in [6.07, 6.45) is 1.75. The first-order valence-electron chi connectivity index (χ1n) is 6.58. The van der Waals surface area contributed by atoms with E-state index in [0.717, 1.165) is 37.6 Å². The lowest BCUT2D eigenvalue weighted by Crippen LogP contribution is -2.46. The third kappa shape index (κ3) is 3.54. The van der Waals surface area contributed by atoms with Crippen LogP contribution in [0, 0.1) is 0 Å². The van der Waals surface area contributed by atoms with Gasteiger partial charge in [0.05, 0.1) is 13.2 Å². The minimum atomic E-state index is -0.183. The van der Waals surface area contributed by atoms with Gasteiger partial charge in [0.15, 0.2) is 5.17 Å². The molecule has 2 rings (SSSR count). The van der Waals surface area contributed by atoms with E-state index in [0.29, 0.717) is 17.9 Å². The van der Waals surface area contributed by atoms with Gasteiger partial charge in [-0.25, -0.2) is 4.79 Å². The molecule has 0 bridgehead atoms. The number of hydrogen-bond acceptors (Lipinski definition) is 5. The molecule has 2 heterocycles. The van der Waals surface area contributed by atoms with Crippen LogP contribution in [-0.4, -0.2) is 53.7 Å². The summed E-state index contributed by atoms with van der Waals surface area (Å²) in [5.74, 6) is 0. The van der Waals surface area contributed by atoms with Crippen LogP contribution in [-0.2, 0) is 4.74 Å². The SMILES string of the molecule is CCOC(=O)N1CCC(NC2=NCC(C)S2)CC1. The molecule has 0 aromatic heterocycles. The molecule has 1 unspecified atom stereocenters. The van der Waals surface area contributed by atoms with Crippen LogP contribution in [0.4, 0.5) is 4.79 Å². The summed E-state index contributed by atoms with van der Waals surface area (Å²) in [6, 6.07) is 0.437. The molecule has 0 radical (unpaired) electrons. The van der Waals surface area contributed by atoms with Crippen LogP contribution in [0.1, 0.15) is 26.7 Å². The van der Waals surface area contributed by atoms with E-state index in [1.165, 1.54) is 0 Å². The highest BCUT2D eigenvalue weighted by atomic mass is 32.2. The number of amidine groups is 1. The van der Waals surface area contributed by atoms with Crippen LogP contribution in [0.25, 0.3) is 0 Å². The fourth-order valence-electron chi connectivity index (χ4n) is 2.15. The number of carbonyl (C=O) groups excluding carboxylic acids is 1. The Labute approximate surface area is 112 Å². The normalized spacial score (nSPS) is 24.9. The third-order valence-corrected chi connectivity index (χ3v) is 4.18. The number of piperidine rings is 1. The molecular formula is C12H21N3O2S. The molecule has 6 heteroatoms. The quantitative estimate of drug-likeness (QED) is 0.830. The van der Waals surface area contributed by atoms with Gasteiger partial charge < -0.3 is 15.0 Å². The maximum atomic E-state index is 11.5. The molecule has 1 fully saturated rings. The third-order valence-electron chi connectivity index (χ3n) is 3.15. The lowest BCUT2D eigenvalue weighted by Gasteiger charge is -2.31. The number of carbonyl (C=O) groups is 1. The minimum Gasteiger partial charge on any atom is -0.450 e. The van der Waals surface area contributed by atoms with Crippen LogP contribution in [0.2, 0.25) is 0 Å². The van der Waals surface area contributed by atoms with Crippen molar-refractivity contribution in [2.45, 2.75) is 38.0 Å². The van der Waals surface area contributed by atoms with Crippen molar-refractivity contribution >= 4 is 23.0 Å². The average molecular weight is 271 g/mol. The summed E-state index contributed by atoms with van der Waals surface area (Å²) in [7, 11) is 0. The lowest BCUT2D eigenvalue weighted by atomic mass is 10.1. The number of likely N-dealkylation sites (tertiary alicyclic amines) is 1. The predicted molar refractivity (Wildman–Crippen MR) is 74.1 cm³/mol. The van der Waals surface area contributed by atoms with E-state index in [1.807, 2.05) is 18.7 Å². The zero-order chi connectivity index (χ0) is 13.0. The highest BCUT2D eigenvalue weighted by Crippen LogP contribution is 2.20. The molecule has 0 aromatic carbocycles. The standard InChI is InChI=1S/C12H21N3O2S/c1-3-17-12(16)15-6-4-10(5-7-15)14-11-13-8-9(2)18-11/h9-10H,3-8H2,1-2H3,(H,13,14). The van der Waals surface area contributed by atoms with Crippen molar-refractivity contribution in [2.75, 3.05) is 26.2 Å². The number of nitrogens with zero attached hydrogens (tertiary/aromatic N) is 2. The van der Waals surface area contributed by atoms with E-state index in [2.05, 4.69) is 17.2 Å². The van der Waals surface area contributed by atoms with Crippen molar-refractivity contribution in [3.05, 3.63) is 0 Å². The highest BCUT2D eigenvalue weighted by molar-refractivity contribution is 8.14. The molecule has 0 saturated carbocycles. The molecule has 1 saturated heterocycles. The molecule has 1 atom stereocenters. The number of rotatable bonds is 2. The summed E-state index contributed by atoms with van der Waals surface area (Å²) in [5, 5.41) is 5.13. The molecular weight excluding hydrogens is 250 g/mol. The first kappa shape index (κ1) is 13.5. The van der Waals surface area contributed by atoms with E-state index in [-0.39, 0.29) is 6.09 Å². The average Bonchev–Trinajstić information content (AvgIpc) is 2.76. The minimum absolute atomic E-state index is 0.183. The number of ether oxygens (including phenoxy) is 1. The Hall–Kier alpha value is -0.910. The summed E-state index contributed by atoms with van der Waals surface area (Å²) < 4.78 is 5.00. The fourth-order valence-corrected chi connectivity index (χ4v) is 3.07. The Morgan fingerprint density at radius 1 is 1.56 bits per heavy atom. The van der Waals surface area contributed by atoms with E-state index >= 15 is 0 Å². The van der Waals surface area contributed by atoms with E-state index in [1.54, 1.807) is 4.90 Å². The van der Waals surface area contributed by atoms with Crippen LogP contribution in [0.3, 0.4) is 0 Å². The molecule has 18 heavy (non-hydrogen) atoms. The van der Waals surface area contributed by atoms with Crippen LogP contribution < -0.4 is 5.32 Å². The van der Waals surface area contributed by atoms with Crippen molar-refractivity contribution < 1.29 is 9.53 Å². The summed E-state index contributed by atoms with van der Waals surface area (Å²) in [4.78, 5) is 17.8. The Morgan fingerprint density at radius 3 is 2.83 bits per heavy atom. The number of amides is 1. The fraction of sp³-hybridized carbons (Fsp3) is 0.833. The van der Waals surface area contributed by atoms with Crippen LogP contribution >= 0.6 is 11.8 Å². The molecule has 0 aliphatic carbocycles. The second-order valence-electron chi connectivity index (χ2n) is 4.68. The first-order valence-corrected chi connectivity index (χ1v) is 7.46. The van der Waals surface area contributed by atoms with Gasteiger partial charge in [-0.1, -0.05) is 18.7 Å². The molecule has 1 N–H and O–H groups in total. The zero-order valence-corrected chi connectivity index (χ0v) is 11.8. The van der Waals surface area contributed by atoms with E-state index in [9.17, 15) is 4.79 Å². The van der Waals surface area contributed by atoms with Gasteiger partial charge in [-0.3, -0.25) is 4.99 Å². The molecule has 2 aliphatic heterocycles. The maximum Gasteiger partial charge on any atom is 0.409 e. The molecule has 0 aromatic rings. The van der Waals surface area contributed by atoms with Crippen molar-refractivity contribution in [3.8, 4) is 0 Å². The number of thioether (sulfide) groups is 1. The number of aliphatic imine (C=N–C) groups is 1. The van der Waals surface area contributed by atoms with Gasteiger partial charge in [-0.2, -0.15) is 0 Å². The zero-order valence-electron chi connectivity index (χ0n) is 11.0. The van der Waals surface area contributed by atoms with Crippen molar-refractivity contribution in [2.24, 2.45) is 4.99 Å². The van der Waals surface area contributed by atoms with Gasteiger partial charge in [0, 0.05) is 24.4 Å². The monoisotopic (exact) mass is 271 g/mol. The lowest BCUT2D eigenvalue weighted by molar-refractivity contribution is 0.0964. The molecule has 5 nitrogen and oxygen atoms in total. The maximum absolute atomic E-state index is 11.5. The van der Waals surface area contributed by atoms with Gasteiger partial charge in [0.1, 0.15) is 0 Å². The van der Waals surface area contributed by atoms with Gasteiger partial charge in [0.2, 0.25) is 0 Å². The first-order chi connectivity index (χ1) is 8.69. The van der Waals surface area contributed by atoms with Crippen molar-refractivity contribution in [1.29, 1.82) is 0 Å². The van der Waals surface area contributed by atoms with Gasteiger partial charge in [-0.15, -0.1) is 0 Å². The van der Waals surface area contributed by atoms with Crippen molar-refractivity contribution in [1.82, 2.24) is 10.2 Å². The van der Waals surface area contributed by atoms with E-state index in [4.69, 9.17) is 4.74 Å². The second-order valence-corrected chi connectivity index (χ2v) is 6.11. The van der Waals surface area contributed by atoms with Gasteiger partial charge in [0.25, 0.3) is 0 Å². The Morgan fingerprint density at radius 2 is 2.28 bits per heavy atom. The van der Waals surface area contributed by atoms with Crippen molar-refractivity contribution in [3.63, 3.8) is 0 Å². The molecule has 102 valence electrons. The largest absolute Gasteiger partial charge is 0.450 e. The number of nitrogens with one attached hydrogen (secondary N) is 1. The predicted octanol–water partition coefficient (Wildman–Crippen LogP) is 1.69. The summed E-state index contributed by atoms with van der Waals surface area (Å²) in [5.41, 5.74) is 0. The topological polar surface area (TPSA) is 53.9 Å². The molecule has 2 aliphatic rings. The summed E-state index contributed by atoms with van der Waals surface area (Å²) >= 11 is 1.81. The Bertz CT molecular complexity index is 327. The molecule has 1 amide bonds.